The molecular weight excluding hydrogens is 416 g/mol. The van der Waals surface area contributed by atoms with Gasteiger partial charge < -0.3 is 13.9 Å². The maximum Gasteiger partial charge on any atom is 0.343 e. The Hall–Kier alpha value is -4.38. The van der Waals surface area contributed by atoms with Crippen molar-refractivity contribution < 1.29 is 18.7 Å². The van der Waals surface area contributed by atoms with Crippen LogP contribution in [0.1, 0.15) is 21.5 Å². The lowest BCUT2D eigenvalue weighted by Gasteiger charge is -2.09. The summed E-state index contributed by atoms with van der Waals surface area (Å²) >= 11 is 0. The lowest BCUT2D eigenvalue weighted by atomic mass is 10.1. The van der Waals surface area contributed by atoms with Gasteiger partial charge in [-0.25, -0.2) is 4.79 Å². The zero-order valence-electron chi connectivity index (χ0n) is 18.1. The van der Waals surface area contributed by atoms with Crippen LogP contribution in [-0.4, -0.2) is 5.97 Å². The summed E-state index contributed by atoms with van der Waals surface area (Å²) in [4.78, 5) is 25.4. The van der Waals surface area contributed by atoms with E-state index in [1.807, 2.05) is 56.3 Å². The third kappa shape index (κ3) is 4.08. The lowest BCUT2D eigenvalue weighted by Crippen LogP contribution is -2.09. The van der Waals surface area contributed by atoms with Crippen molar-refractivity contribution in [3.05, 3.63) is 112 Å². The second-order valence-electron chi connectivity index (χ2n) is 7.89. The van der Waals surface area contributed by atoms with Crippen LogP contribution in [0.4, 0.5) is 0 Å². The molecule has 0 atom stereocenters. The van der Waals surface area contributed by atoms with E-state index in [0.717, 1.165) is 21.9 Å². The molecule has 33 heavy (non-hydrogen) atoms. The van der Waals surface area contributed by atoms with Crippen molar-refractivity contribution in [2.24, 2.45) is 0 Å². The first-order chi connectivity index (χ1) is 16.0. The summed E-state index contributed by atoms with van der Waals surface area (Å²) in [7, 11) is 0. The van der Waals surface area contributed by atoms with Gasteiger partial charge in [0.25, 0.3) is 0 Å². The second kappa shape index (κ2) is 8.28. The van der Waals surface area contributed by atoms with Crippen LogP contribution in [0.15, 0.2) is 94.3 Å². The zero-order valence-corrected chi connectivity index (χ0v) is 18.1. The number of aryl methyl sites for hydroxylation is 2. The van der Waals surface area contributed by atoms with E-state index in [1.54, 1.807) is 30.3 Å². The molecule has 1 aromatic heterocycles. The normalized spacial score (nSPS) is 11.0. The van der Waals surface area contributed by atoms with Gasteiger partial charge in [0.2, 0.25) is 11.2 Å². The molecule has 4 aromatic carbocycles. The number of ether oxygens (including phenoxy) is 2. The average Bonchev–Trinajstić information content (AvgIpc) is 2.82. The summed E-state index contributed by atoms with van der Waals surface area (Å²) in [6, 6.07) is 23.6. The predicted molar refractivity (Wildman–Crippen MR) is 127 cm³/mol. The van der Waals surface area contributed by atoms with Crippen LogP contribution in [0, 0.1) is 13.8 Å². The number of benzene rings is 4. The van der Waals surface area contributed by atoms with Gasteiger partial charge in [-0.3, -0.25) is 4.79 Å². The van der Waals surface area contributed by atoms with Crippen LogP contribution in [0.3, 0.4) is 0 Å². The predicted octanol–water partition coefficient (Wildman–Crippen LogP) is 6.57. The Morgan fingerprint density at radius 3 is 2.39 bits per heavy atom. The first kappa shape index (κ1) is 20.5. The molecule has 5 nitrogen and oxygen atoms in total. The van der Waals surface area contributed by atoms with Crippen LogP contribution >= 0.6 is 0 Å². The minimum atomic E-state index is -0.476. The Balaban J connectivity index is 1.40. The maximum absolute atomic E-state index is 12.9. The highest BCUT2D eigenvalue weighted by molar-refractivity contribution is 5.92. The molecule has 0 N–H and O–H groups in total. The molecule has 162 valence electrons. The van der Waals surface area contributed by atoms with E-state index in [2.05, 4.69) is 0 Å². The third-order valence-corrected chi connectivity index (χ3v) is 5.62. The quantitative estimate of drug-likeness (QED) is 0.235. The van der Waals surface area contributed by atoms with Crippen molar-refractivity contribution in [1.82, 2.24) is 0 Å². The minimum absolute atomic E-state index is 0.0812. The van der Waals surface area contributed by atoms with Crippen LogP contribution in [0.2, 0.25) is 0 Å². The van der Waals surface area contributed by atoms with Gasteiger partial charge in [0.15, 0.2) is 0 Å². The van der Waals surface area contributed by atoms with Gasteiger partial charge in [0.05, 0.1) is 10.9 Å². The molecule has 0 radical (unpaired) electrons. The van der Waals surface area contributed by atoms with Gasteiger partial charge in [-0.05, 0) is 72.1 Å². The van der Waals surface area contributed by atoms with Gasteiger partial charge in [-0.15, -0.1) is 0 Å². The molecule has 1 heterocycles. The maximum atomic E-state index is 12.9. The van der Waals surface area contributed by atoms with Gasteiger partial charge in [-0.2, -0.15) is 0 Å². The first-order valence-corrected chi connectivity index (χ1v) is 10.5. The number of carbonyl (C=O) groups is 1. The standard InChI is InChI=1S/C28H20O5/c1-17-7-8-21(13-18(17)2)28(30)33-23-11-12-24-25(15-23)31-16-26(27(24)29)32-22-10-9-19-5-3-4-6-20(19)14-22/h3-16H,1-2H3. The zero-order chi connectivity index (χ0) is 22.9. The fourth-order valence-corrected chi connectivity index (χ4v) is 3.62. The van der Waals surface area contributed by atoms with E-state index in [-0.39, 0.29) is 16.9 Å². The monoisotopic (exact) mass is 436 g/mol. The second-order valence-corrected chi connectivity index (χ2v) is 7.89. The summed E-state index contributed by atoms with van der Waals surface area (Å²) in [6.45, 7) is 3.92. The number of carbonyl (C=O) groups excluding carboxylic acids is 1. The van der Waals surface area contributed by atoms with Gasteiger partial charge in [0.1, 0.15) is 23.3 Å². The Labute approximate surface area is 189 Å². The highest BCUT2D eigenvalue weighted by Crippen LogP contribution is 2.27. The van der Waals surface area contributed by atoms with Crippen LogP contribution in [-0.2, 0) is 0 Å². The topological polar surface area (TPSA) is 65.7 Å². The summed E-state index contributed by atoms with van der Waals surface area (Å²) < 4.78 is 16.9. The van der Waals surface area contributed by atoms with E-state index in [9.17, 15) is 9.59 Å². The van der Waals surface area contributed by atoms with E-state index < -0.39 is 5.97 Å². The smallest absolute Gasteiger partial charge is 0.343 e. The number of hydrogen-bond acceptors (Lipinski definition) is 5. The highest BCUT2D eigenvalue weighted by Gasteiger charge is 2.14. The minimum Gasteiger partial charge on any atom is -0.460 e. The molecule has 0 fully saturated rings. The first-order valence-electron chi connectivity index (χ1n) is 10.5. The molecule has 0 aliphatic carbocycles. The molecule has 0 saturated heterocycles. The largest absolute Gasteiger partial charge is 0.460 e. The fraction of sp³-hybridized carbons (Fsp3) is 0.0714. The number of hydrogen-bond donors (Lipinski definition) is 0. The SMILES string of the molecule is Cc1ccc(C(=O)Oc2ccc3c(=O)c(Oc4ccc5ccccc5c4)coc3c2)cc1C. The van der Waals surface area contributed by atoms with Crippen molar-refractivity contribution in [3.63, 3.8) is 0 Å². The van der Waals surface area contributed by atoms with Crippen LogP contribution in [0.5, 0.6) is 17.2 Å². The van der Waals surface area contributed by atoms with E-state index in [4.69, 9.17) is 13.9 Å². The number of esters is 1. The Morgan fingerprint density at radius 2 is 1.58 bits per heavy atom. The molecule has 0 bridgehead atoms. The van der Waals surface area contributed by atoms with Gasteiger partial charge in [-0.1, -0.05) is 36.4 Å². The Bertz CT molecular complexity index is 1580. The molecule has 5 heteroatoms. The van der Waals surface area contributed by atoms with E-state index in [0.29, 0.717) is 22.3 Å². The molecular formula is C28H20O5. The molecule has 0 amide bonds. The van der Waals surface area contributed by atoms with Crippen molar-refractivity contribution >= 4 is 27.7 Å². The summed E-state index contributed by atoms with van der Waals surface area (Å²) in [5.74, 6) is 0.435. The van der Waals surface area contributed by atoms with Crippen LogP contribution < -0.4 is 14.9 Å². The van der Waals surface area contributed by atoms with Crippen molar-refractivity contribution in [1.29, 1.82) is 0 Å². The van der Waals surface area contributed by atoms with Crippen molar-refractivity contribution in [2.45, 2.75) is 13.8 Å². The molecule has 0 unspecified atom stereocenters. The van der Waals surface area contributed by atoms with Crippen molar-refractivity contribution in [3.8, 4) is 17.2 Å². The third-order valence-electron chi connectivity index (χ3n) is 5.62. The highest BCUT2D eigenvalue weighted by atomic mass is 16.5. The number of rotatable bonds is 4. The summed E-state index contributed by atoms with van der Waals surface area (Å²) in [6.07, 6.45) is 1.27. The Morgan fingerprint density at radius 1 is 0.788 bits per heavy atom. The number of fused-ring (bicyclic) bond motifs is 2. The summed E-state index contributed by atoms with van der Waals surface area (Å²) in [5.41, 5.74) is 2.56. The van der Waals surface area contributed by atoms with Crippen LogP contribution in [0.25, 0.3) is 21.7 Å². The van der Waals surface area contributed by atoms with Gasteiger partial charge >= 0.3 is 5.97 Å². The molecule has 0 saturated carbocycles. The fourth-order valence-electron chi connectivity index (χ4n) is 3.62. The molecule has 0 aliphatic heterocycles. The van der Waals surface area contributed by atoms with E-state index >= 15 is 0 Å². The molecule has 5 aromatic rings. The lowest BCUT2D eigenvalue weighted by molar-refractivity contribution is 0.0735. The van der Waals surface area contributed by atoms with Gasteiger partial charge in [0, 0.05) is 6.07 Å². The summed E-state index contributed by atoms with van der Waals surface area (Å²) in [5, 5.41) is 2.42. The molecule has 5 rings (SSSR count). The molecule has 0 spiro atoms. The van der Waals surface area contributed by atoms with E-state index in [1.165, 1.54) is 12.3 Å². The van der Waals surface area contributed by atoms with Crippen molar-refractivity contribution in [2.75, 3.05) is 0 Å². The Kier molecular flexibility index (Phi) is 5.15. The average molecular weight is 436 g/mol. The molecule has 0 aliphatic rings.